The predicted molar refractivity (Wildman–Crippen MR) is 94.8 cm³/mol. The van der Waals surface area contributed by atoms with Crippen LogP contribution in [0.2, 0.25) is 0 Å². The monoisotopic (exact) mass is 390 g/mol. The summed E-state index contributed by atoms with van der Waals surface area (Å²) in [5.74, 6) is -2.10. The summed E-state index contributed by atoms with van der Waals surface area (Å²) in [7, 11) is 2.56. The first-order valence-corrected chi connectivity index (χ1v) is 8.16. The van der Waals surface area contributed by atoms with Crippen LogP contribution in [0.1, 0.15) is 33.8 Å². The molecule has 0 spiro atoms. The molecule has 1 aliphatic rings. The van der Waals surface area contributed by atoms with Gasteiger partial charge in [-0.2, -0.15) is 0 Å². The molecule has 28 heavy (non-hydrogen) atoms. The Morgan fingerprint density at radius 3 is 2.71 bits per heavy atom. The Bertz CT molecular complexity index is 998. The number of hydrogen-bond donors (Lipinski definition) is 3. The smallest absolute Gasteiger partial charge is 0.343 e. The van der Waals surface area contributed by atoms with Gasteiger partial charge in [-0.1, -0.05) is 0 Å². The number of ether oxygens (including phenoxy) is 4. The Balaban J connectivity index is 2.22. The fourth-order valence-corrected chi connectivity index (χ4v) is 3.06. The van der Waals surface area contributed by atoms with Crippen LogP contribution in [0.3, 0.4) is 0 Å². The minimum atomic E-state index is -0.978. The molecule has 3 rings (SSSR count). The van der Waals surface area contributed by atoms with E-state index >= 15 is 0 Å². The van der Waals surface area contributed by atoms with Crippen LogP contribution >= 0.6 is 0 Å². The normalized spacial score (nSPS) is 13.1. The van der Waals surface area contributed by atoms with E-state index in [-0.39, 0.29) is 24.3 Å². The molecular formula is C18H18N2O8. The minimum Gasteiger partial charge on any atom is -0.506 e. The van der Waals surface area contributed by atoms with Crippen molar-refractivity contribution in [3.8, 4) is 23.0 Å². The molecule has 1 aromatic heterocycles. The number of H-pyrrole nitrogens is 1. The highest BCUT2D eigenvalue weighted by Crippen LogP contribution is 2.45. The number of carbonyl (C=O) groups excluding carboxylic acids is 2. The van der Waals surface area contributed by atoms with E-state index < -0.39 is 29.1 Å². The molecule has 1 atom stereocenters. The van der Waals surface area contributed by atoms with Gasteiger partial charge in [0.25, 0.3) is 5.56 Å². The number of fused-ring (bicyclic) bond motifs is 1. The van der Waals surface area contributed by atoms with Gasteiger partial charge in [-0.25, -0.2) is 4.79 Å². The van der Waals surface area contributed by atoms with Crippen LogP contribution in [0.15, 0.2) is 23.1 Å². The Labute approximate surface area is 158 Å². The number of benzene rings is 1. The third kappa shape index (κ3) is 3.31. The van der Waals surface area contributed by atoms with Crippen molar-refractivity contribution in [1.82, 2.24) is 4.98 Å². The second kappa shape index (κ2) is 7.51. The lowest BCUT2D eigenvalue weighted by Crippen LogP contribution is -2.24. The number of methoxy groups -OCH3 is 2. The van der Waals surface area contributed by atoms with Crippen LogP contribution in [-0.2, 0) is 9.53 Å². The van der Waals surface area contributed by atoms with Crippen molar-refractivity contribution < 1.29 is 33.6 Å². The third-order valence-corrected chi connectivity index (χ3v) is 4.34. The SMILES string of the molecule is COC(=O)c1c[nH]c(=O)c([C@@H](CC(N)=O)c2cc(OC)c3c(c2)OCO3)c1O. The number of pyridine rings is 1. The van der Waals surface area contributed by atoms with E-state index in [9.17, 15) is 19.5 Å². The number of primary amides is 1. The van der Waals surface area contributed by atoms with Crippen molar-refractivity contribution >= 4 is 11.9 Å². The van der Waals surface area contributed by atoms with Crippen molar-refractivity contribution in [1.29, 1.82) is 0 Å². The summed E-state index contributed by atoms with van der Waals surface area (Å²) in [6, 6.07) is 3.10. The quantitative estimate of drug-likeness (QED) is 0.607. The maximum absolute atomic E-state index is 12.5. The molecule has 1 amide bonds. The van der Waals surface area contributed by atoms with Gasteiger partial charge in [0.05, 0.1) is 19.8 Å². The summed E-state index contributed by atoms with van der Waals surface area (Å²) in [5, 5.41) is 10.6. The molecule has 0 saturated carbocycles. The lowest BCUT2D eigenvalue weighted by Gasteiger charge is -2.19. The van der Waals surface area contributed by atoms with Gasteiger partial charge in [0.15, 0.2) is 11.5 Å². The van der Waals surface area contributed by atoms with E-state index in [1.165, 1.54) is 7.11 Å². The lowest BCUT2D eigenvalue weighted by atomic mass is 9.87. The molecule has 0 unspecified atom stereocenters. The number of nitrogens with two attached hydrogens (primary N) is 1. The van der Waals surface area contributed by atoms with Gasteiger partial charge in [-0.15, -0.1) is 0 Å². The third-order valence-electron chi connectivity index (χ3n) is 4.34. The van der Waals surface area contributed by atoms with Gasteiger partial charge in [0, 0.05) is 18.5 Å². The molecule has 0 radical (unpaired) electrons. The highest BCUT2D eigenvalue weighted by atomic mass is 16.7. The molecule has 10 heteroatoms. The first-order chi connectivity index (χ1) is 13.4. The summed E-state index contributed by atoms with van der Waals surface area (Å²) in [6.45, 7) is -0.0146. The number of rotatable bonds is 6. The standard InChI is InChI=1S/C18H18N2O8/c1-25-11-3-8(4-12-16(11)28-7-27-12)9(5-13(19)21)14-15(22)10(18(24)26-2)6-20-17(14)23/h3-4,6,9H,5,7H2,1-2H3,(H2,19,21)(H2,20,22,23)/t9-/m0/s1. The number of nitrogens with one attached hydrogen (secondary N) is 1. The Kier molecular flexibility index (Phi) is 5.12. The average Bonchev–Trinajstić information content (AvgIpc) is 3.14. The molecule has 10 nitrogen and oxygen atoms in total. The molecule has 1 aromatic carbocycles. The molecule has 2 heterocycles. The second-order valence-corrected chi connectivity index (χ2v) is 5.97. The summed E-state index contributed by atoms with van der Waals surface area (Å²) in [4.78, 5) is 38.4. The molecule has 1 aliphatic heterocycles. The van der Waals surface area contributed by atoms with Crippen LogP contribution in [0.4, 0.5) is 0 Å². The first-order valence-electron chi connectivity index (χ1n) is 8.16. The van der Waals surface area contributed by atoms with Crippen molar-refractivity contribution in [2.75, 3.05) is 21.0 Å². The zero-order valence-corrected chi connectivity index (χ0v) is 15.1. The largest absolute Gasteiger partial charge is 0.506 e. The molecule has 0 fully saturated rings. The number of aromatic amines is 1. The highest BCUT2D eigenvalue weighted by molar-refractivity contribution is 5.92. The summed E-state index contributed by atoms with van der Waals surface area (Å²) in [5.41, 5.74) is 4.63. The summed E-state index contributed by atoms with van der Waals surface area (Å²) < 4.78 is 20.6. The van der Waals surface area contributed by atoms with E-state index in [0.29, 0.717) is 22.8 Å². The number of carbonyl (C=O) groups is 2. The van der Waals surface area contributed by atoms with Gasteiger partial charge < -0.3 is 34.8 Å². The fourth-order valence-electron chi connectivity index (χ4n) is 3.06. The second-order valence-electron chi connectivity index (χ2n) is 5.97. The van der Waals surface area contributed by atoms with E-state index in [2.05, 4.69) is 9.72 Å². The summed E-state index contributed by atoms with van der Waals surface area (Å²) in [6.07, 6.45) is 0.721. The summed E-state index contributed by atoms with van der Waals surface area (Å²) >= 11 is 0. The van der Waals surface area contributed by atoms with Crippen LogP contribution in [-0.4, -0.2) is 43.0 Å². The zero-order chi connectivity index (χ0) is 20.4. The van der Waals surface area contributed by atoms with E-state index in [0.717, 1.165) is 13.3 Å². The molecular weight excluding hydrogens is 372 g/mol. The topological polar surface area (TPSA) is 150 Å². The molecule has 2 aromatic rings. The Morgan fingerprint density at radius 2 is 2.07 bits per heavy atom. The van der Waals surface area contributed by atoms with Crippen molar-refractivity contribution in [3.05, 3.63) is 45.4 Å². The molecule has 0 saturated heterocycles. The van der Waals surface area contributed by atoms with Gasteiger partial charge in [-0.05, 0) is 17.7 Å². The average molecular weight is 390 g/mol. The van der Waals surface area contributed by atoms with Crippen molar-refractivity contribution in [3.63, 3.8) is 0 Å². The van der Waals surface area contributed by atoms with Crippen molar-refractivity contribution in [2.45, 2.75) is 12.3 Å². The minimum absolute atomic E-state index is 0.0146. The Morgan fingerprint density at radius 1 is 1.32 bits per heavy atom. The van der Waals surface area contributed by atoms with E-state index in [1.54, 1.807) is 12.1 Å². The predicted octanol–water partition coefficient (Wildman–Crippen LogP) is 0.612. The molecule has 148 valence electrons. The van der Waals surface area contributed by atoms with Crippen LogP contribution in [0.25, 0.3) is 0 Å². The van der Waals surface area contributed by atoms with Gasteiger partial charge in [0.1, 0.15) is 11.3 Å². The van der Waals surface area contributed by atoms with Gasteiger partial charge >= 0.3 is 5.97 Å². The number of esters is 1. The van der Waals surface area contributed by atoms with Crippen molar-refractivity contribution in [2.24, 2.45) is 5.73 Å². The van der Waals surface area contributed by atoms with Crippen LogP contribution < -0.4 is 25.5 Å². The molecule has 0 aliphatic carbocycles. The van der Waals surface area contributed by atoms with Crippen LogP contribution in [0.5, 0.6) is 23.0 Å². The van der Waals surface area contributed by atoms with E-state index in [4.69, 9.17) is 19.9 Å². The molecule has 0 bridgehead atoms. The first kappa shape index (κ1) is 19.1. The number of hydrogen-bond acceptors (Lipinski definition) is 8. The van der Waals surface area contributed by atoms with E-state index in [1.807, 2.05) is 0 Å². The van der Waals surface area contributed by atoms with Gasteiger partial charge in [0.2, 0.25) is 18.4 Å². The molecule has 4 N–H and O–H groups in total. The maximum Gasteiger partial charge on any atom is 0.343 e. The number of amides is 1. The Hall–Kier alpha value is -3.69. The highest BCUT2D eigenvalue weighted by Gasteiger charge is 2.30. The fraction of sp³-hybridized carbons (Fsp3) is 0.278. The number of aromatic hydroxyl groups is 1. The lowest BCUT2D eigenvalue weighted by molar-refractivity contribution is -0.118. The zero-order valence-electron chi connectivity index (χ0n) is 15.1. The van der Waals surface area contributed by atoms with Crippen LogP contribution in [0, 0.1) is 0 Å². The maximum atomic E-state index is 12.5. The number of aromatic nitrogens is 1. The van der Waals surface area contributed by atoms with Gasteiger partial charge in [-0.3, -0.25) is 9.59 Å².